The van der Waals surface area contributed by atoms with Crippen LogP contribution < -0.4 is 15.0 Å². The minimum atomic E-state index is -0.564. The number of anilines is 1. The smallest absolute Gasteiger partial charge is 0.270 e. The Bertz CT molecular complexity index is 1150. The number of hydrogen-bond acceptors (Lipinski definition) is 6. The van der Waals surface area contributed by atoms with Crippen molar-refractivity contribution >= 4 is 52.7 Å². The lowest BCUT2D eigenvalue weighted by molar-refractivity contribution is -0.122. The number of hydrogen-bond donors (Lipinski definition) is 1. The molecule has 0 bridgehead atoms. The highest BCUT2D eigenvalue weighted by Gasteiger charge is 2.34. The van der Waals surface area contributed by atoms with Gasteiger partial charge in [0, 0.05) is 4.90 Å². The van der Waals surface area contributed by atoms with Gasteiger partial charge in [-0.05, 0) is 73.7 Å². The van der Waals surface area contributed by atoms with Crippen molar-refractivity contribution in [2.75, 3.05) is 11.5 Å². The van der Waals surface area contributed by atoms with Gasteiger partial charge in [0.25, 0.3) is 11.8 Å². The second kappa shape index (κ2) is 9.20. The van der Waals surface area contributed by atoms with E-state index in [0.717, 1.165) is 4.90 Å². The fraction of sp³-hybridized carbons (Fsp3) is 0.0870. The summed E-state index contributed by atoms with van der Waals surface area (Å²) >= 11 is 6.68. The summed E-state index contributed by atoms with van der Waals surface area (Å²) in [5.74, 6) is -0.00530. The Hall–Kier alpha value is -3.36. The standard InChI is InChI=1S/C23H18N2O4S2/c1-2-28-16-10-8-15(9-11-16)25-22(27)19(21(26)24-23(25)30)14-17-12-13-20(29-17)31-18-6-4-3-5-7-18/h3-14H,2H2,1H3,(H,24,26,30)/b19-14-. The van der Waals surface area contributed by atoms with Crippen molar-refractivity contribution < 1.29 is 18.7 Å². The average Bonchev–Trinajstić information content (AvgIpc) is 3.20. The van der Waals surface area contributed by atoms with E-state index in [1.54, 1.807) is 36.4 Å². The van der Waals surface area contributed by atoms with Crippen molar-refractivity contribution in [3.05, 3.63) is 78.1 Å². The van der Waals surface area contributed by atoms with E-state index in [1.165, 1.54) is 22.7 Å². The van der Waals surface area contributed by atoms with Crippen molar-refractivity contribution in [2.45, 2.75) is 16.9 Å². The molecule has 31 heavy (non-hydrogen) atoms. The zero-order valence-corrected chi connectivity index (χ0v) is 18.2. The summed E-state index contributed by atoms with van der Waals surface area (Å²) < 4.78 is 11.2. The lowest BCUT2D eigenvalue weighted by Gasteiger charge is -2.28. The summed E-state index contributed by atoms with van der Waals surface area (Å²) in [6, 6.07) is 20.2. The maximum Gasteiger partial charge on any atom is 0.270 e. The van der Waals surface area contributed by atoms with Crippen LogP contribution in [0, 0.1) is 0 Å². The van der Waals surface area contributed by atoms with Gasteiger partial charge >= 0.3 is 0 Å². The van der Waals surface area contributed by atoms with Gasteiger partial charge in [0.15, 0.2) is 10.2 Å². The molecule has 0 saturated carbocycles. The molecule has 0 radical (unpaired) electrons. The number of carbonyl (C=O) groups is 2. The molecular formula is C23H18N2O4S2. The lowest BCUT2D eigenvalue weighted by Crippen LogP contribution is -2.54. The molecule has 2 aromatic carbocycles. The summed E-state index contributed by atoms with van der Waals surface area (Å²) in [5.41, 5.74) is 0.470. The third-order valence-corrected chi connectivity index (χ3v) is 5.57. The summed E-state index contributed by atoms with van der Waals surface area (Å²) in [6.45, 7) is 2.43. The van der Waals surface area contributed by atoms with Crippen LogP contribution in [-0.4, -0.2) is 23.5 Å². The first-order valence-electron chi connectivity index (χ1n) is 9.52. The fourth-order valence-electron chi connectivity index (χ4n) is 2.96. The number of amides is 2. The van der Waals surface area contributed by atoms with Crippen LogP contribution >= 0.6 is 24.0 Å². The molecular weight excluding hydrogens is 432 g/mol. The molecule has 0 atom stereocenters. The van der Waals surface area contributed by atoms with Crippen LogP contribution in [-0.2, 0) is 9.59 Å². The summed E-state index contributed by atoms with van der Waals surface area (Å²) in [5, 5.41) is 3.24. The quantitative estimate of drug-likeness (QED) is 0.335. The molecule has 1 aromatic heterocycles. The van der Waals surface area contributed by atoms with Crippen molar-refractivity contribution in [3.63, 3.8) is 0 Å². The molecule has 1 aliphatic rings. The minimum absolute atomic E-state index is 0.0241. The van der Waals surface area contributed by atoms with Gasteiger partial charge in [-0.25, -0.2) is 0 Å². The molecule has 8 heteroatoms. The third kappa shape index (κ3) is 4.70. The number of ether oxygens (including phenoxy) is 1. The Morgan fingerprint density at radius 1 is 1.06 bits per heavy atom. The zero-order valence-electron chi connectivity index (χ0n) is 16.5. The average molecular weight is 451 g/mol. The highest BCUT2D eigenvalue weighted by Crippen LogP contribution is 2.30. The number of furan rings is 1. The number of benzene rings is 2. The molecule has 2 heterocycles. The Balaban J connectivity index is 1.57. The fourth-order valence-corrected chi connectivity index (χ4v) is 4.04. The van der Waals surface area contributed by atoms with Crippen LogP contribution in [0.1, 0.15) is 12.7 Å². The molecule has 6 nitrogen and oxygen atoms in total. The molecule has 0 aliphatic carbocycles. The second-order valence-electron chi connectivity index (χ2n) is 6.46. The second-order valence-corrected chi connectivity index (χ2v) is 7.92. The van der Waals surface area contributed by atoms with E-state index in [4.69, 9.17) is 21.4 Å². The molecule has 2 amide bonds. The Morgan fingerprint density at radius 3 is 2.52 bits per heavy atom. The van der Waals surface area contributed by atoms with Crippen LogP contribution in [0.15, 0.2) is 86.7 Å². The predicted octanol–water partition coefficient (Wildman–Crippen LogP) is 4.66. The number of carbonyl (C=O) groups excluding carboxylic acids is 2. The Labute approximate surface area is 188 Å². The van der Waals surface area contributed by atoms with E-state index < -0.39 is 11.8 Å². The van der Waals surface area contributed by atoms with Gasteiger partial charge in [-0.2, -0.15) is 0 Å². The SMILES string of the molecule is CCOc1ccc(N2C(=O)/C(=C\c3ccc(Sc4ccccc4)o3)C(=O)NC2=S)cc1. The molecule has 1 fully saturated rings. The number of nitrogens with zero attached hydrogens (tertiary/aromatic N) is 1. The molecule has 4 rings (SSSR count). The molecule has 0 unspecified atom stereocenters. The molecule has 156 valence electrons. The van der Waals surface area contributed by atoms with Crippen molar-refractivity contribution in [2.24, 2.45) is 0 Å². The third-order valence-electron chi connectivity index (χ3n) is 4.36. The van der Waals surface area contributed by atoms with Gasteiger partial charge in [-0.3, -0.25) is 19.8 Å². The van der Waals surface area contributed by atoms with Crippen LogP contribution in [0.3, 0.4) is 0 Å². The molecule has 1 saturated heterocycles. The normalized spacial score (nSPS) is 15.3. The maximum absolute atomic E-state index is 13.1. The summed E-state index contributed by atoms with van der Waals surface area (Å²) in [7, 11) is 0. The van der Waals surface area contributed by atoms with Crippen LogP contribution in [0.25, 0.3) is 6.08 Å². The highest BCUT2D eigenvalue weighted by atomic mass is 32.2. The molecule has 0 spiro atoms. The van der Waals surface area contributed by atoms with Gasteiger partial charge in [-0.1, -0.05) is 30.0 Å². The highest BCUT2D eigenvalue weighted by molar-refractivity contribution is 7.99. The van der Waals surface area contributed by atoms with Crippen LogP contribution in [0.4, 0.5) is 5.69 Å². The largest absolute Gasteiger partial charge is 0.494 e. The van der Waals surface area contributed by atoms with E-state index in [1.807, 2.05) is 37.3 Å². The van der Waals surface area contributed by atoms with Crippen LogP contribution in [0.2, 0.25) is 0 Å². The Kier molecular flexibility index (Phi) is 6.20. The van der Waals surface area contributed by atoms with E-state index in [9.17, 15) is 9.59 Å². The molecule has 1 N–H and O–H groups in total. The van der Waals surface area contributed by atoms with Gasteiger partial charge in [-0.15, -0.1) is 0 Å². The predicted molar refractivity (Wildman–Crippen MR) is 123 cm³/mol. The number of thiocarbonyl (C=S) groups is 1. The molecule has 3 aromatic rings. The lowest BCUT2D eigenvalue weighted by atomic mass is 10.1. The first kappa shape index (κ1) is 20.9. The first-order chi connectivity index (χ1) is 15.0. The number of nitrogens with one attached hydrogen (secondary N) is 1. The summed E-state index contributed by atoms with van der Waals surface area (Å²) in [6.07, 6.45) is 1.43. The van der Waals surface area contributed by atoms with Gasteiger partial charge in [0.1, 0.15) is 17.1 Å². The van der Waals surface area contributed by atoms with Gasteiger partial charge < -0.3 is 9.15 Å². The number of rotatable bonds is 6. The van der Waals surface area contributed by atoms with Crippen molar-refractivity contribution in [3.8, 4) is 5.75 Å². The monoisotopic (exact) mass is 450 g/mol. The van der Waals surface area contributed by atoms with E-state index in [-0.39, 0.29) is 10.7 Å². The van der Waals surface area contributed by atoms with Gasteiger partial charge in [0.2, 0.25) is 0 Å². The topological polar surface area (TPSA) is 71.8 Å². The van der Waals surface area contributed by atoms with Crippen molar-refractivity contribution in [1.82, 2.24) is 5.32 Å². The van der Waals surface area contributed by atoms with E-state index >= 15 is 0 Å². The molecule has 1 aliphatic heterocycles. The van der Waals surface area contributed by atoms with Crippen LogP contribution in [0.5, 0.6) is 5.75 Å². The van der Waals surface area contributed by atoms with Crippen molar-refractivity contribution in [1.29, 1.82) is 0 Å². The Morgan fingerprint density at radius 2 is 1.81 bits per heavy atom. The maximum atomic E-state index is 13.1. The van der Waals surface area contributed by atoms with E-state index in [0.29, 0.717) is 28.9 Å². The summed E-state index contributed by atoms with van der Waals surface area (Å²) in [4.78, 5) is 27.8. The zero-order chi connectivity index (χ0) is 21.8. The minimum Gasteiger partial charge on any atom is -0.494 e. The van der Waals surface area contributed by atoms with Gasteiger partial charge in [0.05, 0.1) is 12.3 Å². The van der Waals surface area contributed by atoms with E-state index in [2.05, 4.69) is 5.32 Å². The first-order valence-corrected chi connectivity index (χ1v) is 10.7.